The van der Waals surface area contributed by atoms with Gasteiger partial charge in [-0.05, 0) is 48.9 Å². The quantitative estimate of drug-likeness (QED) is 0.753. The topological polar surface area (TPSA) is 37.3 Å². The van der Waals surface area contributed by atoms with E-state index in [0.29, 0.717) is 17.8 Å². The largest absolute Gasteiger partial charge is 0.481 e. The Kier molecular flexibility index (Phi) is 2.32. The van der Waals surface area contributed by atoms with Gasteiger partial charge in [0.25, 0.3) is 0 Å². The van der Waals surface area contributed by atoms with Crippen LogP contribution < -0.4 is 0 Å². The fourth-order valence-electron chi connectivity index (χ4n) is 3.85. The normalized spacial score (nSPS) is 38.9. The Bertz CT molecular complexity index is 245. The lowest BCUT2D eigenvalue weighted by molar-refractivity contribution is -0.137. The first kappa shape index (κ1) is 10.0. The molecule has 2 nitrogen and oxygen atoms in total. The zero-order valence-electron chi connectivity index (χ0n) is 9.12. The van der Waals surface area contributed by atoms with Gasteiger partial charge in [-0.25, -0.2) is 0 Å². The van der Waals surface area contributed by atoms with Crippen molar-refractivity contribution in [2.75, 3.05) is 0 Å². The van der Waals surface area contributed by atoms with Crippen LogP contribution in [0.25, 0.3) is 0 Å². The van der Waals surface area contributed by atoms with Gasteiger partial charge in [0, 0.05) is 6.42 Å². The maximum atomic E-state index is 10.5. The van der Waals surface area contributed by atoms with E-state index in [1.165, 1.54) is 19.3 Å². The average Bonchev–Trinajstić information content (AvgIpc) is 2.52. The molecule has 0 aromatic carbocycles. The minimum Gasteiger partial charge on any atom is -0.481 e. The molecule has 2 aliphatic rings. The highest BCUT2D eigenvalue weighted by Gasteiger charge is 2.52. The standard InChI is InChI=1S/C12H20O2/c1-12(2)9-4-5-10(12)8(7-9)3-6-11(13)14/h8-10H,3-7H2,1-2H3,(H,13,14). The Labute approximate surface area is 85.7 Å². The van der Waals surface area contributed by atoms with Crippen LogP contribution in [0.4, 0.5) is 0 Å². The van der Waals surface area contributed by atoms with Gasteiger partial charge >= 0.3 is 5.97 Å². The summed E-state index contributed by atoms with van der Waals surface area (Å²) in [5.41, 5.74) is 0.489. The molecular weight excluding hydrogens is 176 g/mol. The first-order valence-electron chi connectivity index (χ1n) is 5.73. The van der Waals surface area contributed by atoms with E-state index >= 15 is 0 Å². The summed E-state index contributed by atoms with van der Waals surface area (Å²) in [6, 6.07) is 0. The van der Waals surface area contributed by atoms with Crippen LogP contribution in [0, 0.1) is 23.2 Å². The Morgan fingerprint density at radius 2 is 2.14 bits per heavy atom. The van der Waals surface area contributed by atoms with Crippen LogP contribution in [-0.4, -0.2) is 11.1 Å². The van der Waals surface area contributed by atoms with Gasteiger partial charge in [0.15, 0.2) is 0 Å². The summed E-state index contributed by atoms with van der Waals surface area (Å²) in [7, 11) is 0. The number of hydrogen-bond acceptors (Lipinski definition) is 1. The first-order valence-corrected chi connectivity index (χ1v) is 5.73. The molecule has 2 bridgehead atoms. The Hall–Kier alpha value is -0.530. The van der Waals surface area contributed by atoms with E-state index in [4.69, 9.17) is 5.11 Å². The smallest absolute Gasteiger partial charge is 0.303 e. The van der Waals surface area contributed by atoms with Crippen LogP contribution >= 0.6 is 0 Å². The molecule has 3 atom stereocenters. The molecule has 2 fully saturated rings. The van der Waals surface area contributed by atoms with E-state index in [9.17, 15) is 4.79 Å². The van der Waals surface area contributed by atoms with Crippen molar-refractivity contribution in [1.82, 2.24) is 0 Å². The lowest BCUT2D eigenvalue weighted by Crippen LogP contribution is -2.19. The van der Waals surface area contributed by atoms with Gasteiger partial charge in [-0.15, -0.1) is 0 Å². The molecule has 0 radical (unpaired) electrons. The van der Waals surface area contributed by atoms with E-state index in [2.05, 4.69) is 13.8 Å². The van der Waals surface area contributed by atoms with Crippen LogP contribution in [0.3, 0.4) is 0 Å². The van der Waals surface area contributed by atoms with Crippen molar-refractivity contribution in [3.8, 4) is 0 Å². The molecule has 0 saturated heterocycles. The Balaban J connectivity index is 1.95. The third kappa shape index (κ3) is 1.45. The van der Waals surface area contributed by atoms with Crippen LogP contribution in [0.5, 0.6) is 0 Å². The Morgan fingerprint density at radius 3 is 2.57 bits per heavy atom. The van der Waals surface area contributed by atoms with Crippen LogP contribution in [0.2, 0.25) is 0 Å². The number of rotatable bonds is 3. The van der Waals surface area contributed by atoms with Gasteiger partial charge in [0.2, 0.25) is 0 Å². The predicted octanol–water partition coefficient (Wildman–Crippen LogP) is 2.92. The molecule has 0 aromatic heterocycles. The number of aliphatic carboxylic acids is 1. The zero-order chi connectivity index (χ0) is 10.3. The summed E-state index contributed by atoms with van der Waals surface area (Å²) < 4.78 is 0. The molecule has 0 amide bonds. The second-order valence-electron chi connectivity index (χ2n) is 5.63. The molecule has 0 aliphatic heterocycles. The van der Waals surface area contributed by atoms with Crippen molar-refractivity contribution in [2.45, 2.75) is 46.0 Å². The van der Waals surface area contributed by atoms with Gasteiger partial charge in [-0.1, -0.05) is 13.8 Å². The fourth-order valence-corrected chi connectivity index (χ4v) is 3.85. The molecule has 0 aromatic rings. The van der Waals surface area contributed by atoms with Crippen molar-refractivity contribution in [3.63, 3.8) is 0 Å². The van der Waals surface area contributed by atoms with E-state index in [-0.39, 0.29) is 0 Å². The molecule has 2 aliphatic carbocycles. The number of fused-ring (bicyclic) bond motifs is 2. The number of carbonyl (C=O) groups is 1. The highest BCUT2D eigenvalue weighted by atomic mass is 16.4. The van der Waals surface area contributed by atoms with Gasteiger partial charge in [0.1, 0.15) is 0 Å². The number of hydrogen-bond donors (Lipinski definition) is 1. The van der Waals surface area contributed by atoms with E-state index in [1.54, 1.807) is 0 Å². The van der Waals surface area contributed by atoms with Gasteiger partial charge in [-0.3, -0.25) is 4.79 Å². The first-order chi connectivity index (χ1) is 6.51. The molecule has 0 heterocycles. The van der Waals surface area contributed by atoms with Crippen molar-refractivity contribution < 1.29 is 9.90 Å². The lowest BCUT2D eigenvalue weighted by Gasteiger charge is -2.26. The zero-order valence-corrected chi connectivity index (χ0v) is 9.12. The van der Waals surface area contributed by atoms with E-state index < -0.39 is 5.97 Å². The molecule has 2 saturated carbocycles. The summed E-state index contributed by atoms with van der Waals surface area (Å²) in [5, 5.41) is 8.67. The van der Waals surface area contributed by atoms with Crippen molar-refractivity contribution >= 4 is 5.97 Å². The third-order valence-corrected chi connectivity index (χ3v) is 4.72. The minimum absolute atomic E-state index is 0.365. The Morgan fingerprint density at radius 1 is 1.43 bits per heavy atom. The van der Waals surface area contributed by atoms with Crippen LogP contribution in [-0.2, 0) is 4.79 Å². The summed E-state index contributed by atoms with van der Waals surface area (Å²) >= 11 is 0. The monoisotopic (exact) mass is 196 g/mol. The van der Waals surface area contributed by atoms with Crippen molar-refractivity contribution in [1.29, 1.82) is 0 Å². The van der Waals surface area contributed by atoms with Crippen molar-refractivity contribution in [2.24, 2.45) is 23.2 Å². The summed E-state index contributed by atoms with van der Waals surface area (Å²) in [4.78, 5) is 10.5. The highest BCUT2D eigenvalue weighted by molar-refractivity contribution is 5.66. The molecule has 14 heavy (non-hydrogen) atoms. The van der Waals surface area contributed by atoms with Crippen LogP contribution in [0.1, 0.15) is 46.0 Å². The second-order valence-corrected chi connectivity index (χ2v) is 5.63. The third-order valence-electron chi connectivity index (χ3n) is 4.72. The maximum Gasteiger partial charge on any atom is 0.303 e. The van der Waals surface area contributed by atoms with Crippen molar-refractivity contribution in [3.05, 3.63) is 0 Å². The van der Waals surface area contributed by atoms with E-state index in [0.717, 1.165) is 18.3 Å². The minimum atomic E-state index is -0.634. The van der Waals surface area contributed by atoms with E-state index in [1.807, 2.05) is 0 Å². The predicted molar refractivity (Wildman–Crippen MR) is 55.0 cm³/mol. The van der Waals surface area contributed by atoms with Gasteiger partial charge < -0.3 is 5.11 Å². The molecule has 3 unspecified atom stereocenters. The van der Waals surface area contributed by atoms with Gasteiger partial charge in [0.05, 0.1) is 0 Å². The molecule has 0 spiro atoms. The summed E-state index contributed by atoms with van der Waals surface area (Å²) in [6.45, 7) is 4.74. The molecular formula is C12H20O2. The number of carboxylic acids is 1. The average molecular weight is 196 g/mol. The molecule has 80 valence electrons. The summed E-state index contributed by atoms with van der Waals surface area (Å²) in [6.07, 6.45) is 5.26. The SMILES string of the molecule is CC1(C)C2CCC1C(CCC(=O)O)C2. The summed E-state index contributed by atoms with van der Waals surface area (Å²) in [5.74, 6) is 1.73. The molecule has 2 rings (SSSR count). The van der Waals surface area contributed by atoms with Crippen LogP contribution in [0.15, 0.2) is 0 Å². The molecule has 2 heteroatoms. The second kappa shape index (κ2) is 3.25. The lowest BCUT2D eigenvalue weighted by atomic mass is 9.79. The van der Waals surface area contributed by atoms with Gasteiger partial charge in [-0.2, -0.15) is 0 Å². The maximum absolute atomic E-state index is 10.5. The highest BCUT2D eigenvalue weighted by Crippen LogP contribution is 2.61. The molecule has 1 N–H and O–H groups in total. The fraction of sp³-hybridized carbons (Fsp3) is 0.917. The number of carboxylic acid groups (broad SMARTS) is 1.